The van der Waals surface area contributed by atoms with E-state index in [1.165, 1.54) is 0 Å². The quantitative estimate of drug-likeness (QED) is 0.668. The molecule has 1 heterocycles. The van der Waals surface area contributed by atoms with E-state index in [1.54, 1.807) is 11.6 Å². The molecule has 5 nitrogen and oxygen atoms in total. The second-order valence-electron chi connectivity index (χ2n) is 3.12. The topological polar surface area (TPSA) is 63.5 Å². The Bertz CT molecular complexity index is 285. The number of esters is 1. The standard InChI is InChI=1S/C10H16N2O3/c1-2-15-10(14)7-9(13)8-11-12-5-3-4-6-12/h3-6,9,11,13H,2,7-8H2,1H3. The van der Waals surface area contributed by atoms with E-state index in [9.17, 15) is 9.90 Å². The molecule has 15 heavy (non-hydrogen) atoms. The van der Waals surface area contributed by atoms with E-state index < -0.39 is 6.10 Å². The predicted molar refractivity (Wildman–Crippen MR) is 55.9 cm³/mol. The van der Waals surface area contributed by atoms with Gasteiger partial charge in [0.15, 0.2) is 0 Å². The molecular weight excluding hydrogens is 196 g/mol. The summed E-state index contributed by atoms with van der Waals surface area (Å²) in [6.07, 6.45) is 2.92. The van der Waals surface area contributed by atoms with Gasteiger partial charge in [0, 0.05) is 12.4 Å². The van der Waals surface area contributed by atoms with Crippen molar-refractivity contribution in [3.63, 3.8) is 0 Å². The number of hydrogen-bond acceptors (Lipinski definition) is 4. The Labute approximate surface area is 88.6 Å². The van der Waals surface area contributed by atoms with Crippen molar-refractivity contribution >= 4 is 5.97 Å². The van der Waals surface area contributed by atoms with Crippen LogP contribution in [0.15, 0.2) is 24.5 Å². The molecule has 0 fully saturated rings. The summed E-state index contributed by atoms with van der Waals surface area (Å²) in [6.45, 7) is 2.40. The lowest BCUT2D eigenvalue weighted by Crippen LogP contribution is -2.27. The molecule has 1 aromatic rings. The van der Waals surface area contributed by atoms with Crippen molar-refractivity contribution in [3.8, 4) is 0 Å². The molecule has 84 valence electrons. The number of aliphatic hydroxyl groups excluding tert-OH is 1. The lowest BCUT2D eigenvalue weighted by atomic mass is 10.2. The van der Waals surface area contributed by atoms with Crippen LogP contribution in [0.1, 0.15) is 13.3 Å². The number of hydrogen-bond donors (Lipinski definition) is 2. The zero-order valence-electron chi connectivity index (χ0n) is 8.72. The predicted octanol–water partition coefficient (Wildman–Crippen LogP) is 0.346. The first-order chi connectivity index (χ1) is 7.22. The summed E-state index contributed by atoms with van der Waals surface area (Å²) in [6, 6.07) is 3.73. The number of nitrogens with one attached hydrogen (secondary N) is 1. The van der Waals surface area contributed by atoms with Gasteiger partial charge in [-0.1, -0.05) is 0 Å². The van der Waals surface area contributed by atoms with Crippen LogP contribution >= 0.6 is 0 Å². The highest BCUT2D eigenvalue weighted by molar-refractivity contribution is 5.69. The summed E-state index contributed by atoms with van der Waals surface area (Å²) < 4.78 is 6.43. The Morgan fingerprint density at radius 1 is 1.53 bits per heavy atom. The van der Waals surface area contributed by atoms with Gasteiger partial charge in [-0.15, -0.1) is 0 Å². The fourth-order valence-corrected chi connectivity index (χ4v) is 1.14. The summed E-state index contributed by atoms with van der Waals surface area (Å²) in [5.74, 6) is -0.376. The fourth-order valence-electron chi connectivity index (χ4n) is 1.14. The van der Waals surface area contributed by atoms with Gasteiger partial charge in [-0.05, 0) is 19.1 Å². The van der Waals surface area contributed by atoms with E-state index >= 15 is 0 Å². The highest BCUT2D eigenvalue weighted by Crippen LogP contribution is 1.95. The van der Waals surface area contributed by atoms with Crippen LogP contribution in [0.5, 0.6) is 0 Å². The Balaban J connectivity index is 2.18. The van der Waals surface area contributed by atoms with Crippen molar-refractivity contribution < 1.29 is 14.6 Å². The molecule has 0 saturated heterocycles. The van der Waals surface area contributed by atoms with E-state index in [1.807, 2.05) is 24.5 Å². The van der Waals surface area contributed by atoms with Crippen LogP contribution in [0.3, 0.4) is 0 Å². The molecule has 1 aromatic heterocycles. The number of nitrogens with zero attached hydrogens (tertiary/aromatic N) is 1. The molecule has 0 radical (unpaired) electrons. The minimum absolute atomic E-state index is 0.0160. The van der Waals surface area contributed by atoms with Gasteiger partial charge >= 0.3 is 5.97 Å². The van der Waals surface area contributed by atoms with E-state index in [-0.39, 0.29) is 12.4 Å². The van der Waals surface area contributed by atoms with Crippen LogP contribution in [0, 0.1) is 0 Å². The number of rotatable bonds is 6. The average Bonchev–Trinajstić information content (AvgIpc) is 2.67. The molecule has 1 unspecified atom stereocenters. The monoisotopic (exact) mass is 212 g/mol. The molecule has 0 aliphatic heterocycles. The molecule has 0 amide bonds. The summed E-state index contributed by atoms with van der Waals surface area (Å²) in [4.78, 5) is 11.0. The fraction of sp³-hybridized carbons (Fsp3) is 0.500. The highest BCUT2D eigenvalue weighted by atomic mass is 16.5. The van der Waals surface area contributed by atoms with Gasteiger partial charge in [0.2, 0.25) is 0 Å². The van der Waals surface area contributed by atoms with Crippen molar-refractivity contribution in [3.05, 3.63) is 24.5 Å². The van der Waals surface area contributed by atoms with Crippen LogP contribution < -0.4 is 5.43 Å². The van der Waals surface area contributed by atoms with Crippen molar-refractivity contribution in [2.75, 3.05) is 18.6 Å². The summed E-state index contributed by atoms with van der Waals surface area (Å²) in [7, 11) is 0. The van der Waals surface area contributed by atoms with Gasteiger partial charge in [0.1, 0.15) is 0 Å². The molecular formula is C10H16N2O3. The van der Waals surface area contributed by atoms with E-state index in [0.717, 1.165) is 0 Å². The third-order valence-corrected chi connectivity index (χ3v) is 1.82. The van der Waals surface area contributed by atoms with E-state index in [2.05, 4.69) is 5.43 Å². The molecule has 0 bridgehead atoms. The van der Waals surface area contributed by atoms with Crippen LogP contribution in [-0.2, 0) is 9.53 Å². The van der Waals surface area contributed by atoms with Crippen LogP contribution in [0.2, 0.25) is 0 Å². The van der Waals surface area contributed by atoms with Gasteiger partial charge in [0.05, 0.1) is 25.7 Å². The smallest absolute Gasteiger partial charge is 0.308 e. The SMILES string of the molecule is CCOC(=O)CC(O)CNn1cccc1. The maximum absolute atomic E-state index is 11.0. The zero-order valence-corrected chi connectivity index (χ0v) is 8.72. The minimum Gasteiger partial charge on any atom is -0.466 e. The molecule has 0 aliphatic carbocycles. The Kier molecular flexibility index (Phi) is 4.70. The molecule has 0 spiro atoms. The van der Waals surface area contributed by atoms with Gasteiger partial charge in [0.25, 0.3) is 0 Å². The van der Waals surface area contributed by atoms with Crippen LogP contribution in [0.25, 0.3) is 0 Å². The van der Waals surface area contributed by atoms with Crippen molar-refractivity contribution in [2.45, 2.75) is 19.4 Å². The third-order valence-electron chi connectivity index (χ3n) is 1.82. The maximum Gasteiger partial charge on any atom is 0.308 e. The molecule has 0 aromatic carbocycles. The third kappa shape index (κ3) is 4.51. The lowest BCUT2D eigenvalue weighted by Gasteiger charge is -2.12. The molecule has 1 rings (SSSR count). The minimum atomic E-state index is -0.730. The van der Waals surface area contributed by atoms with Gasteiger partial charge in [-0.25, -0.2) is 0 Å². The normalized spacial score (nSPS) is 12.1. The Hall–Kier alpha value is -1.49. The van der Waals surface area contributed by atoms with Gasteiger partial charge < -0.3 is 15.3 Å². The zero-order chi connectivity index (χ0) is 11.1. The molecule has 0 aliphatic rings. The number of carbonyl (C=O) groups is 1. The number of aromatic nitrogens is 1. The second-order valence-corrected chi connectivity index (χ2v) is 3.12. The number of ether oxygens (including phenoxy) is 1. The van der Waals surface area contributed by atoms with Crippen molar-refractivity contribution in [1.29, 1.82) is 0 Å². The molecule has 2 N–H and O–H groups in total. The van der Waals surface area contributed by atoms with Crippen molar-refractivity contribution in [1.82, 2.24) is 4.68 Å². The van der Waals surface area contributed by atoms with Crippen molar-refractivity contribution in [2.24, 2.45) is 0 Å². The Morgan fingerprint density at radius 2 is 2.20 bits per heavy atom. The maximum atomic E-state index is 11.0. The first kappa shape index (κ1) is 11.6. The van der Waals surface area contributed by atoms with E-state index in [0.29, 0.717) is 13.2 Å². The molecule has 0 saturated carbocycles. The lowest BCUT2D eigenvalue weighted by molar-refractivity contribution is -0.145. The van der Waals surface area contributed by atoms with Crippen LogP contribution in [-0.4, -0.2) is 35.0 Å². The van der Waals surface area contributed by atoms with E-state index in [4.69, 9.17) is 4.74 Å². The summed E-state index contributed by atoms with van der Waals surface area (Å²) in [5.41, 5.74) is 2.93. The molecule has 1 atom stereocenters. The number of aliphatic hydroxyl groups is 1. The van der Waals surface area contributed by atoms with Crippen LogP contribution in [0.4, 0.5) is 0 Å². The largest absolute Gasteiger partial charge is 0.466 e. The first-order valence-corrected chi connectivity index (χ1v) is 4.93. The van der Waals surface area contributed by atoms with Gasteiger partial charge in [-0.3, -0.25) is 9.47 Å². The summed E-state index contributed by atoms with van der Waals surface area (Å²) in [5, 5.41) is 9.47. The summed E-state index contributed by atoms with van der Waals surface area (Å²) >= 11 is 0. The first-order valence-electron chi connectivity index (χ1n) is 4.93. The Morgan fingerprint density at radius 3 is 2.80 bits per heavy atom. The van der Waals surface area contributed by atoms with Gasteiger partial charge in [-0.2, -0.15) is 0 Å². The highest BCUT2D eigenvalue weighted by Gasteiger charge is 2.10. The number of carbonyl (C=O) groups excluding carboxylic acids is 1. The molecule has 5 heteroatoms. The average molecular weight is 212 g/mol. The second kappa shape index (κ2) is 6.08.